The van der Waals surface area contributed by atoms with Crippen LogP contribution >= 0.6 is 0 Å². The van der Waals surface area contributed by atoms with Crippen LogP contribution in [0.25, 0.3) is 0 Å². The third kappa shape index (κ3) is 5.50. The fraction of sp³-hybridized carbons (Fsp3) is 0.619. The Morgan fingerprint density at radius 3 is 2.04 bits per heavy atom. The van der Waals surface area contributed by atoms with Gasteiger partial charge in [-0.15, -0.1) is 0 Å². The number of nitrogens with two attached hydrogens (primary N) is 1. The lowest BCUT2D eigenvalue weighted by molar-refractivity contribution is -0.787. The summed E-state index contributed by atoms with van der Waals surface area (Å²) in [6.45, 7) is 12.1. The molecular formula is C21H32F2N3O2+. The number of halogens is 2. The second kappa shape index (κ2) is 8.15. The summed E-state index contributed by atoms with van der Waals surface area (Å²) in [5.74, 6) is -3.41. The van der Waals surface area contributed by atoms with E-state index in [0.717, 1.165) is 25.0 Å². The number of hydrogen-bond donors (Lipinski definition) is 3. The highest BCUT2D eigenvalue weighted by Gasteiger charge is 2.42. The minimum atomic E-state index is -0.952. The summed E-state index contributed by atoms with van der Waals surface area (Å²) in [6.07, 6.45) is 1.59. The van der Waals surface area contributed by atoms with E-state index in [-0.39, 0.29) is 28.9 Å². The third-order valence-corrected chi connectivity index (χ3v) is 5.10. The van der Waals surface area contributed by atoms with Crippen molar-refractivity contribution in [1.29, 1.82) is 0 Å². The molecular weight excluding hydrogens is 364 g/mol. The van der Waals surface area contributed by atoms with E-state index in [1.807, 2.05) is 0 Å². The van der Waals surface area contributed by atoms with Gasteiger partial charge >= 0.3 is 0 Å². The van der Waals surface area contributed by atoms with E-state index >= 15 is 0 Å². The number of carbonyl (C=O) groups excluding carboxylic acids is 2. The Hall–Kier alpha value is -2.02. The molecule has 5 nitrogen and oxygen atoms in total. The van der Waals surface area contributed by atoms with Gasteiger partial charge in [0.1, 0.15) is 23.2 Å². The van der Waals surface area contributed by atoms with E-state index in [9.17, 15) is 18.4 Å². The number of carbonyl (C=O) groups is 2. The quantitative estimate of drug-likeness (QED) is 0.713. The lowest BCUT2D eigenvalue weighted by Gasteiger charge is -2.43. The zero-order chi connectivity index (χ0) is 21.3. The minimum Gasteiger partial charge on any atom is -0.351 e. The molecule has 0 radical (unpaired) electrons. The highest BCUT2D eigenvalue weighted by molar-refractivity contribution is 5.98. The molecule has 0 saturated carbocycles. The molecule has 1 aliphatic heterocycles. The Bertz CT molecular complexity index is 711. The van der Waals surface area contributed by atoms with Crippen LogP contribution < -0.4 is 16.0 Å². The van der Waals surface area contributed by atoms with Crippen molar-refractivity contribution in [3.63, 3.8) is 0 Å². The van der Waals surface area contributed by atoms with Crippen molar-refractivity contribution in [2.45, 2.75) is 77.5 Å². The monoisotopic (exact) mass is 396 g/mol. The van der Waals surface area contributed by atoms with Crippen LogP contribution in [0.15, 0.2) is 18.2 Å². The Labute approximate surface area is 165 Å². The number of rotatable bonds is 5. The molecule has 1 aromatic rings. The standard InChI is InChI=1S/C21H31F2N3O2/c1-12(2)17(25-18(27)16-14(22)8-7-9-15(16)23)19(28)24-13-10-20(3,4)26-21(5,6)11-13/h7-9,12-13,17,26H,10-11H2,1-6H3,(H,24,28)(H,25,27)/p+1/t17-/m0/s1. The van der Waals surface area contributed by atoms with Gasteiger partial charge in [-0.2, -0.15) is 0 Å². The summed E-state index contributed by atoms with van der Waals surface area (Å²) in [5, 5.41) is 7.85. The third-order valence-electron chi connectivity index (χ3n) is 5.10. The topological polar surface area (TPSA) is 74.8 Å². The minimum absolute atomic E-state index is 0.0213. The molecule has 0 bridgehead atoms. The predicted octanol–water partition coefficient (Wildman–Crippen LogP) is 2.12. The van der Waals surface area contributed by atoms with Gasteiger partial charge in [0.25, 0.3) is 5.91 Å². The van der Waals surface area contributed by atoms with Crippen LogP contribution in [0.2, 0.25) is 0 Å². The smallest absolute Gasteiger partial charge is 0.257 e. The highest BCUT2D eigenvalue weighted by Crippen LogP contribution is 2.22. The highest BCUT2D eigenvalue weighted by atomic mass is 19.1. The van der Waals surface area contributed by atoms with Gasteiger partial charge in [-0.3, -0.25) is 9.59 Å². The van der Waals surface area contributed by atoms with Gasteiger partial charge in [-0.25, -0.2) is 8.78 Å². The van der Waals surface area contributed by atoms with E-state index in [0.29, 0.717) is 0 Å². The first-order chi connectivity index (χ1) is 12.8. The van der Waals surface area contributed by atoms with E-state index in [1.54, 1.807) is 13.8 Å². The summed E-state index contributed by atoms with van der Waals surface area (Å²) in [6, 6.07) is 2.31. The van der Waals surface area contributed by atoms with Crippen LogP contribution in [0.3, 0.4) is 0 Å². The number of piperidine rings is 1. The molecule has 0 unspecified atom stereocenters. The lowest BCUT2D eigenvalue weighted by atomic mass is 9.79. The van der Waals surface area contributed by atoms with E-state index in [1.165, 1.54) is 6.07 Å². The first-order valence-electron chi connectivity index (χ1n) is 9.74. The molecule has 7 heteroatoms. The molecule has 1 aromatic carbocycles. The van der Waals surface area contributed by atoms with E-state index < -0.39 is 29.1 Å². The number of hydrogen-bond acceptors (Lipinski definition) is 2. The Balaban J connectivity index is 2.13. The SMILES string of the molecule is CC(C)[C@H](NC(=O)c1c(F)cccc1F)C(=O)NC1CC(C)(C)[NH2+]C(C)(C)C1. The maximum atomic E-state index is 13.9. The molecule has 1 saturated heterocycles. The number of amides is 2. The van der Waals surface area contributed by atoms with Gasteiger partial charge in [-0.1, -0.05) is 19.9 Å². The van der Waals surface area contributed by atoms with Crippen molar-refractivity contribution in [3.05, 3.63) is 35.4 Å². The number of quaternary nitrogens is 1. The molecule has 4 N–H and O–H groups in total. The van der Waals surface area contributed by atoms with Crippen LogP contribution in [-0.2, 0) is 4.79 Å². The largest absolute Gasteiger partial charge is 0.351 e. The summed E-state index contributed by atoms with van der Waals surface area (Å²) in [5.41, 5.74) is -0.713. The molecule has 0 spiro atoms. The molecule has 0 aromatic heterocycles. The fourth-order valence-corrected chi connectivity index (χ4v) is 4.37. The van der Waals surface area contributed by atoms with Gasteiger partial charge in [0.15, 0.2) is 0 Å². The van der Waals surface area contributed by atoms with E-state index in [4.69, 9.17) is 0 Å². The molecule has 1 aliphatic rings. The molecule has 156 valence electrons. The fourth-order valence-electron chi connectivity index (χ4n) is 4.37. The summed E-state index contributed by atoms with van der Waals surface area (Å²) in [7, 11) is 0. The van der Waals surface area contributed by atoms with Gasteiger partial charge in [0, 0.05) is 18.9 Å². The Kier molecular flexibility index (Phi) is 6.48. The van der Waals surface area contributed by atoms with Crippen molar-refractivity contribution in [3.8, 4) is 0 Å². The average molecular weight is 397 g/mol. The normalized spacial score (nSPS) is 19.9. The summed E-state index contributed by atoms with van der Waals surface area (Å²) in [4.78, 5) is 25.3. The Morgan fingerprint density at radius 2 is 1.57 bits per heavy atom. The zero-order valence-electron chi connectivity index (χ0n) is 17.5. The van der Waals surface area contributed by atoms with Crippen molar-refractivity contribution >= 4 is 11.8 Å². The van der Waals surface area contributed by atoms with Gasteiger partial charge < -0.3 is 16.0 Å². The van der Waals surface area contributed by atoms with Crippen LogP contribution in [0.4, 0.5) is 8.78 Å². The van der Waals surface area contributed by atoms with Gasteiger partial charge in [0.2, 0.25) is 5.91 Å². The predicted molar refractivity (Wildman–Crippen MR) is 104 cm³/mol. The molecule has 28 heavy (non-hydrogen) atoms. The van der Waals surface area contributed by atoms with Crippen molar-refractivity contribution in [1.82, 2.24) is 10.6 Å². The maximum Gasteiger partial charge on any atom is 0.257 e. The van der Waals surface area contributed by atoms with Crippen LogP contribution in [0.1, 0.15) is 64.7 Å². The molecule has 1 heterocycles. The summed E-state index contributed by atoms with van der Waals surface area (Å²) >= 11 is 0. The lowest BCUT2D eigenvalue weighted by Crippen LogP contribution is -3.06. The van der Waals surface area contributed by atoms with Crippen molar-refractivity contribution in [2.75, 3.05) is 0 Å². The van der Waals surface area contributed by atoms with Gasteiger partial charge in [0.05, 0.1) is 11.1 Å². The first-order valence-corrected chi connectivity index (χ1v) is 9.74. The summed E-state index contributed by atoms with van der Waals surface area (Å²) < 4.78 is 27.8. The maximum absolute atomic E-state index is 13.9. The van der Waals surface area contributed by atoms with Gasteiger partial charge in [-0.05, 0) is 45.7 Å². The molecule has 0 aliphatic carbocycles. The number of nitrogens with one attached hydrogen (secondary N) is 2. The van der Waals surface area contributed by atoms with Crippen molar-refractivity contribution in [2.24, 2.45) is 5.92 Å². The first kappa shape index (κ1) is 22.3. The molecule has 2 rings (SSSR count). The van der Waals surface area contributed by atoms with E-state index in [2.05, 4.69) is 43.6 Å². The average Bonchev–Trinajstić information content (AvgIpc) is 2.48. The zero-order valence-corrected chi connectivity index (χ0v) is 17.5. The second-order valence-corrected chi connectivity index (χ2v) is 9.53. The van der Waals surface area contributed by atoms with Crippen molar-refractivity contribution < 1.29 is 23.7 Å². The Morgan fingerprint density at radius 1 is 1.07 bits per heavy atom. The molecule has 1 atom stereocenters. The van der Waals surface area contributed by atoms with Crippen LogP contribution in [-0.4, -0.2) is 35.0 Å². The number of benzene rings is 1. The van der Waals surface area contributed by atoms with Crippen LogP contribution in [0, 0.1) is 17.6 Å². The molecule has 1 fully saturated rings. The molecule has 2 amide bonds. The second-order valence-electron chi connectivity index (χ2n) is 9.53. The van der Waals surface area contributed by atoms with Crippen LogP contribution in [0.5, 0.6) is 0 Å².